The van der Waals surface area contributed by atoms with Gasteiger partial charge in [0.2, 0.25) is 11.8 Å². The maximum absolute atomic E-state index is 13.1. The van der Waals surface area contributed by atoms with Crippen molar-refractivity contribution in [3.8, 4) is 5.75 Å². The summed E-state index contributed by atoms with van der Waals surface area (Å²) in [7, 11) is -3.79. The average Bonchev–Trinajstić information content (AvgIpc) is 2.99. The number of sulfonamides is 1. The van der Waals surface area contributed by atoms with Crippen LogP contribution in [0.5, 0.6) is 5.75 Å². The molecule has 2 aromatic rings. The molecule has 0 N–H and O–H groups in total. The summed E-state index contributed by atoms with van der Waals surface area (Å²) in [6.07, 6.45) is 0.367. The molecule has 0 atom stereocenters. The van der Waals surface area contributed by atoms with Gasteiger partial charge in [-0.3, -0.25) is 18.8 Å². The fourth-order valence-corrected chi connectivity index (χ4v) is 4.76. The first-order valence-electron chi connectivity index (χ1n) is 8.60. The van der Waals surface area contributed by atoms with Gasteiger partial charge in [-0.25, -0.2) is 8.42 Å². The van der Waals surface area contributed by atoms with E-state index in [4.69, 9.17) is 4.74 Å². The summed E-state index contributed by atoms with van der Waals surface area (Å²) in [5, 5.41) is 0. The summed E-state index contributed by atoms with van der Waals surface area (Å²) in [6.45, 7) is 2.37. The van der Waals surface area contributed by atoms with Crippen LogP contribution in [-0.4, -0.2) is 33.4 Å². The second-order valence-corrected chi connectivity index (χ2v) is 8.38. The molecule has 7 nitrogen and oxygen atoms in total. The van der Waals surface area contributed by atoms with E-state index in [0.29, 0.717) is 17.1 Å². The Morgan fingerprint density at radius 1 is 0.963 bits per heavy atom. The Morgan fingerprint density at radius 3 is 2.30 bits per heavy atom. The van der Waals surface area contributed by atoms with Crippen molar-refractivity contribution in [2.45, 2.75) is 24.7 Å². The number of ether oxygens (including phenoxy) is 1. The number of hydrogen-bond donors (Lipinski definition) is 0. The molecule has 2 aromatic carbocycles. The van der Waals surface area contributed by atoms with Gasteiger partial charge < -0.3 is 4.74 Å². The summed E-state index contributed by atoms with van der Waals surface area (Å²) in [5.41, 5.74) is 1.83. The lowest BCUT2D eigenvalue weighted by molar-refractivity contribution is -0.121. The standard InChI is InChI=1S/C19H18N2O5S/c1-13-2-7-17-16(12-13)20(10-11-26-17)27(24,25)15-5-3-14(4-6-15)21-18(22)8-9-19(21)23/h2-7,12H,8-11H2,1H3. The predicted molar refractivity (Wildman–Crippen MR) is 99.4 cm³/mol. The van der Waals surface area contributed by atoms with Crippen LogP contribution in [-0.2, 0) is 19.6 Å². The minimum Gasteiger partial charge on any atom is -0.489 e. The molecule has 0 aliphatic carbocycles. The molecule has 140 valence electrons. The van der Waals surface area contributed by atoms with Crippen LogP contribution in [0, 0.1) is 6.92 Å². The SMILES string of the molecule is Cc1ccc2c(c1)N(S(=O)(=O)c1ccc(N3C(=O)CCC3=O)cc1)CCO2. The third-order valence-electron chi connectivity index (χ3n) is 4.67. The van der Waals surface area contributed by atoms with Gasteiger partial charge >= 0.3 is 0 Å². The van der Waals surface area contributed by atoms with Crippen molar-refractivity contribution in [1.29, 1.82) is 0 Å². The second-order valence-electron chi connectivity index (χ2n) is 6.51. The van der Waals surface area contributed by atoms with Crippen LogP contribution in [0.2, 0.25) is 0 Å². The number of anilines is 2. The molecule has 0 spiro atoms. The predicted octanol–water partition coefficient (Wildman–Crippen LogP) is 2.24. The van der Waals surface area contributed by atoms with Crippen molar-refractivity contribution in [2.75, 3.05) is 22.4 Å². The Labute approximate surface area is 157 Å². The number of hydrogen-bond acceptors (Lipinski definition) is 5. The first-order chi connectivity index (χ1) is 12.9. The van der Waals surface area contributed by atoms with Gasteiger partial charge in [-0.2, -0.15) is 0 Å². The second kappa shape index (κ2) is 6.38. The summed E-state index contributed by atoms with van der Waals surface area (Å²) < 4.78 is 33.2. The summed E-state index contributed by atoms with van der Waals surface area (Å²) in [5.74, 6) is -0.0123. The lowest BCUT2D eigenvalue weighted by Gasteiger charge is -2.30. The van der Waals surface area contributed by atoms with Gasteiger partial charge in [0.1, 0.15) is 12.4 Å². The molecule has 1 fully saturated rings. The molecular formula is C19H18N2O5S. The third kappa shape index (κ3) is 2.95. The Balaban J connectivity index is 1.69. The first kappa shape index (κ1) is 17.5. The smallest absolute Gasteiger partial charge is 0.264 e. The van der Waals surface area contributed by atoms with Crippen molar-refractivity contribution in [3.63, 3.8) is 0 Å². The van der Waals surface area contributed by atoms with Crippen molar-refractivity contribution in [1.82, 2.24) is 0 Å². The number of aryl methyl sites for hydroxylation is 1. The third-order valence-corrected chi connectivity index (χ3v) is 6.50. The van der Waals surface area contributed by atoms with Crippen molar-refractivity contribution in [3.05, 3.63) is 48.0 Å². The zero-order valence-electron chi connectivity index (χ0n) is 14.7. The molecule has 0 radical (unpaired) electrons. The zero-order chi connectivity index (χ0) is 19.2. The van der Waals surface area contributed by atoms with Gasteiger partial charge in [-0.1, -0.05) is 6.07 Å². The molecule has 0 saturated carbocycles. The van der Waals surface area contributed by atoms with Crippen LogP contribution in [0.3, 0.4) is 0 Å². The molecule has 2 heterocycles. The highest BCUT2D eigenvalue weighted by Crippen LogP contribution is 2.36. The van der Waals surface area contributed by atoms with E-state index >= 15 is 0 Å². The number of imide groups is 1. The van der Waals surface area contributed by atoms with Gasteiger partial charge in [0, 0.05) is 12.8 Å². The molecule has 8 heteroatoms. The van der Waals surface area contributed by atoms with Crippen LogP contribution < -0.4 is 13.9 Å². The number of nitrogens with zero attached hydrogens (tertiary/aromatic N) is 2. The molecule has 4 rings (SSSR count). The largest absolute Gasteiger partial charge is 0.489 e. The molecule has 1 saturated heterocycles. The topological polar surface area (TPSA) is 84.0 Å². The fourth-order valence-electron chi connectivity index (χ4n) is 3.31. The van der Waals surface area contributed by atoms with E-state index < -0.39 is 10.0 Å². The number of fused-ring (bicyclic) bond motifs is 1. The number of carbonyl (C=O) groups excluding carboxylic acids is 2. The zero-order valence-corrected chi connectivity index (χ0v) is 15.5. The van der Waals surface area contributed by atoms with Gasteiger partial charge in [-0.15, -0.1) is 0 Å². The Kier molecular flexibility index (Phi) is 4.15. The van der Waals surface area contributed by atoms with E-state index in [-0.39, 0.29) is 42.7 Å². The minimum atomic E-state index is -3.79. The van der Waals surface area contributed by atoms with Crippen molar-refractivity contribution in [2.24, 2.45) is 0 Å². The van der Waals surface area contributed by atoms with Gasteiger partial charge in [0.25, 0.3) is 10.0 Å². The van der Waals surface area contributed by atoms with E-state index in [2.05, 4.69) is 0 Å². The summed E-state index contributed by atoms with van der Waals surface area (Å²) in [6, 6.07) is 11.2. The number of benzene rings is 2. The normalized spacial score (nSPS) is 17.1. The fraction of sp³-hybridized carbons (Fsp3) is 0.263. The van der Waals surface area contributed by atoms with Gasteiger partial charge in [0.05, 0.1) is 22.8 Å². The lowest BCUT2D eigenvalue weighted by Crippen LogP contribution is -2.38. The van der Waals surface area contributed by atoms with Gasteiger partial charge in [-0.05, 0) is 48.9 Å². The molecule has 0 unspecified atom stereocenters. The molecule has 27 heavy (non-hydrogen) atoms. The highest BCUT2D eigenvalue weighted by molar-refractivity contribution is 7.92. The van der Waals surface area contributed by atoms with Crippen LogP contribution >= 0.6 is 0 Å². The highest BCUT2D eigenvalue weighted by Gasteiger charge is 2.32. The first-order valence-corrected chi connectivity index (χ1v) is 10.0. The van der Waals surface area contributed by atoms with Gasteiger partial charge in [0.15, 0.2) is 0 Å². The van der Waals surface area contributed by atoms with E-state index in [0.717, 1.165) is 10.5 Å². The van der Waals surface area contributed by atoms with E-state index in [1.807, 2.05) is 13.0 Å². The Hall–Kier alpha value is -2.87. The number of amides is 2. The van der Waals surface area contributed by atoms with E-state index in [9.17, 15) is 18.0 Å². The van der Waals surface area contributed by atoms with Crippen molar-refractivity contribution < 1.29 is 22.7 Å². The van der Waals surface area contributed by atoms with E-state index in [1.54, 1.807) is 12.1 Å². The molecule has 2 amide bonds. The van der Waals surface area contributed by atoms with E-state index in [1.165, 1.54) is 28.6 Å². The Bertz CT molecular complexity index is 1010. The highest BCUT2D eigenvalue weighted by atomic mass is 32.2. The van der Waals surface area contributed by atoms with Crippen molar-refractivity contribution >= 4 is 33.2 Å². The monoisotopic (exact) mass is 386 g/mol. The average molecular weight is 386 g/mol. The lowest BCUT2D eigenvalue weighted by atomic mass is 10.2. The molecular weight excluding hydrogens is 368 g/mol. The minimum absolute atomic E-state index is 0.0969. The van der Waals surface area contributed by atoms with Crippen LogP contribution in [0.15, 0.2) is 47.4 Å². The molecule has 0 aromatic heterocycles. The Morgan fingerprint density at radius 2 is 1.63 bits per heavy atom. The van der Waals surface area contributed by atoms with Crippen LogP contribution in [0.1, 0.15) is 18.4 Å². The van der Waals surface area contributed by atoms with Crippen LogP contribution in [0.4, 0.5) is 11.4 Å². The number of carbonyl (C=O) groups is 2. The maximum Gasteiger partial charge on any atom is 0.264 e. The molecule has 2 aliphatic rings. The molecule has 2 aliphatic heterocycles. The summed E-state index contributed by atoms with van der Waals surface area (Å²) >= 11 is 0. The van der Waals surface area contributed by atoms with Crippen LogP contribution in [0.25, 0.3) is 0 Å². The quantitative estimate of drug-likeness (QED) is 0.756. The maximum atomic E-state index is 13.1. The number of rotatable bonds is 3. The summed E-state index contributed by atoms with van der Waals surface area (Å²) in [4.78, 5) is 24.9. The molecule has 0 bridgehead atoms.